The van der Waals surface area contributed by atoms with Crippen LogP contribution < -0.4 is 5.32 Å². The Hall–Kier alpha value is -2.27. The van der Waals surface area contributed by atoms with E-state index in [1.54, 1.807) is 6.07 Å². The number of hydrogen-bond donors (Lipinski definition) is 1. The first-order valence-corrected chi connectivity index (χ1v) is 9.04. The fourth-order valence-electron chi connectivity index (χ4n) is 3.43. The third-order valence-corrected chi connectivity index (χ3v) is 4.72. The van der Waals surface area contributed by atoms with Crippen molar-refractivity contribution in [2.75, 3.05) is 19.6 Å². The van der Waals surface area contributed by atoms with Crippen LogP contribution in [0.15, 0.2) is 42.7 Å². The van der Waals surface area contributed by atoms with Gasteiger partial charge < -0.3 is 5.32 Å². The summed E-state index contributed by atoms with van der Waals surface area (Å²) >= 11 is 0. The van der Waals surface area contributed by atoms with Gasteiger partial charge in [0.15, 0.2) is 0 Å². The number of aryl methyl sites for hydroxylation is 1. The van der Waals surface area contributed by atoms with Crippen LogP contribution in [0.4, 0.5) is 0 Å². The molecule has 0 bridgehead atoms. The predicted molar refractivity (Wildman–Crippen MR) is 98.2 cm³/mol. The Bertz CT molecular complexity index is 689. The Morgan fingerprint density at radius 1 is 1.28 bits per heavy atom. The zero-order chi connectivity index (χ0) is 17.5. The SMILES string of the molecule is Cc1cccc(C(=O)NCCC2CCCN(Cc3ccncc3)C2)n1. The van der Waals surface area contributed by atoms with Gasteiger partial charge in [-0.15, -0.1) is 0 Å². The standard InChI is InChI=1S/C20H26N4O/c1-16-4-2-6-19(23-16)20(25)22-12-9-17-5-3-13-24(14-17)15-18-7-10-21-11-8-18/h2,4,6-8,10-11,17H,3,5,9,12-15H2,1H3,(H,22,25). The number of hydrogen-bond acceptors (Lipinski definition) is 4. The molecular formula is C20H26N4O. The normalized spacial score (nSPS) is 18.0. The molecule has 5 heteroatoms. The maximum atomic E-state index is 12.2. The molecule has 25 heavy (non-hydrogen) atoms. The van der Waals surface area contributed by atoms with Crippen molar-refractivity contribution in [2.24, 2.45) is 5.92 Å². The fraction of sp³-hybridized carbons (Fsp3) is 0.450. The number of nitrogens with zero attached hydrogens (tertiary/aromatic N) is 3. The number of aromatic nitrogens is 2. The van der Waals surface area contributed by atoms with Crippen LogP contribution in [0.2, 0.25) is 0 Å². The number of likely N-dealkylation sites (tertiary alicyclic amines) is 1. The van der Waals surface area contributed by atoms with Gasteiger partial charge in [-0.25, -0.2) is 4.98 Å². The van der Waals surface area contributed by atoms with E-state index in [2.05, 4.69) is 32.3 Å². The van der Waals surface area contributed by atoms with Crippen LogP contribution in [0.3, 0.4) is 0 Å². The molecule has 3 heterocycles. The van der Waals surface area contributed by atoms with Crippen molar-refractivity contribution in [3.63, 3.8) is 0 Å². The molecule has 0 aromatic carbocycles. The Morgan fingerprint density at radius 2 is 2.12 bits per heavy atom. The summed E-state index contributed by atoms with van der Waals surface area (Å²) in [4.78, 5) is 23.0. The Balaban J connectivity index is 1.43. The summed E-state index contributed by atoms with van der Waals surface area (Å²) in [5.74, 6) is 0.564. The molecule has 1 unspecified atom stereocenters. The van der Waals surface area contributed by atoms with Crippen LogP contribution >= 0.6 is 0 Å². The average molecular weight is 338 g/mol. The first kappa shape index (κ1) is 17.5. The van der Waals surface area contributed by atoms with Gasteiger partial charge in [0.1, 0.15) is 5.69 Å². The molecule has 1 saturated heterocycles. The minimum absolute atomic E-state index is 0.0758. The second kappa shape index (κ2) is 8.72. The van der Waals surface area contributed by atoms with Gasteiger partial charge in [0.25, 0.3) is 5.91 Å². The van der Waals surface area contributed by atoms with Crippen molar-refractivity contribution in [1.29, 1.82) is 0 Å². The summed E-state index contributed by atoms with van der Waals surface area (Å²) in [6.45, 7) is 5.84. The van der Waals surface area contributed by atoms with Gasteiger partial charge in [-0.2, -0.15) is 0 Å². The van der Waals surface area contributed by atoms with E-state index >= 15 is 0 Å². The largest absolute Gasteiger partial charge is 0.351 e. The van der Waals surface area contributed by atoms with E-state index in [9.17, 15) is 4.79 Å². The highest BCUT2D eigenvalue weighted by atomic mass is 16.1. The molecule has 1 N–H and O–H groups in total. The van der Waals surface area contributed by atoms with Crippen LogP contribution in [-0.2, 0) is 6.54 Å². The summed E-state index contributed by atoms with van der Waals surface area (Å²) in [5.41, 5.74) is 2.68. The minimum atomic E-state index is -0.0758. The lowest BCUT2D eigenvalue weighted by Crippen LogP contribution is -2.36. The number of carbonyl (C=O) groups is 1. The van der Waals surface area contributed by atoms with Gasteiger partial charge in [0, 0.05) is 37.7 Å². The first-order chi connectivity index (χ1) is 12.2. The lowest BCUT2D eigenvalue weighted by molar-refractivity contribution is 0.0941. The molecule has 2 aromatic rings. The predicted octanol–water partition coefficient (Wildman–Crippen LogP) is 2.82. The van der Waals surface area contributed by atoms with E-state index in [-0.39, 0.29) is 5.91 Å². The van der Waals surface area contributed by atoms with E-state index in [4.69, 9.17) is 0 Å². The highest BCUT2D eigenvalue weighted by Crippen LogP contribution is 2.20. The van der Waals surface area contributed by atoms with E-state index < -0.39 is 0 Å². The van der Waals surface area contributed by atoms with Gasteiger partial charge >= 0.3 is 0 Å². The molecule has 0 radical (unpaired) electrons. The quantitative estimate of drug-likeness (QED) is 0.880. The average Bonchev–Trinajstić information content (AvgIpc) is 2.63. The van der Waals surface area contributed by atoms with Crippen molar-refractivity contribution in [1.82, 2.24) is 20.2 Å². The molecule has 1 fully saturated rings. The Kier molecular flexibility index (Phi) is 6.12. The number of pyridine rings is 2. The maximum absolute atomic E-state index is 12.2. The van der Waals surface area contributed by atoms with Gasteiger partial charge in [0.05, 0.1) is 0 Å². The molecule has 132 valence electrons. The van der Waals surface area contributed by atoms with Crippen LogP contribution in [0, 0.1) is 12.8 Å². The first-order valence-electron chi connectivity index (χ1n) is 9.04. The number of rotatable bonds is 6. The van der Waals surface area contributed by atoms with Crippen LogP contribution in [0.5, 0.6) is 0 Å². The van der Waals surface area contributed by atoms with Crippen molar-refractivity contribution < 1.29 is 4.79 Å². The van der Waals surface area contributed by atoms with E-state index in [1.807, 2.05) is 31.5 Å². The molecule has 5 nitrogen and oxygen atoms in total. The molecule has 1 aliphatic heterocycles. The van der Waals surface area contributed by atoms with Crippen molar-refractivity contribution in [2.45, 2.75) is 32.7 Å². The summed E-state index contributed by atoms with van der Waals surface area (Å²) in [6.07, 6.45) is 7.19. The smallest absolute Gasteiger partial charge is 0.269 e. The third kappa shape index (κ3) is 5.36. The lowest BCUT2D eigenvalue weighted by Gasteiger charge is -2.32. The summed E-state index contributed by atoms with van der Waals surface area (Å²) in [5, 5.41) is 3.01. The van der Waals surface area contributed by atoms with E-state index in [0.29, 0.717) is 18.2 Å². The summed E-state index contributed by atoms with van der Waals surface area (Å²) in [6, 6.07) is 9.70. The van der Waals surface area contributed by atoms with E-state index in [1.165, 1.54) is 18.4 Å². The van der Waals surface area contributed by atoms with Crippen molar-refractivity contribution in [3.8, 4) is 0 Å². The number of amides is 1. The zero-order valence-electron chi connectivity index (χ0n) is 14.8. The molecule has 1 amide bonds. The second-order valence-electron chi connectivity index (χ2n) is 6.81. The summed E-state index contributed by atoms with van der Waals surface area (Å²) < 4.78 is 0. The lowest BCUT2D eigenvalue weighted by atomic mass is 9.94. The molecule has 1 atom stereocenters. The number of carbonyl (C=O) groups excluding carboxylic acids is 1. The van der Waals surface area contributed by atoms with Crippen molar-refractivity contribution >= 4 is 5.91 Å². The Labute approximate surface area is 149 Å². The minimum Gasteiger partial charge on any atom is -0.351 e. The molecule has 0 aliphatic carbocycles. The maximum Gasteiger partial charge on any atom is 0.269 e. The van der Waals surface area contributed by atoms with Crippen LogP contribution in [0.25, 0.3) is 0 Å². The number of piperidine rings is 1. The topological polar surface area (TPSA) is 58.1 Å². The Morgan fingerprint density at radius 3 is 2.92 bits per heavy atom. The fourth-order valence-corrected chi connectivity index (χ4v) is 3.43. The van der Waals surface area contributed by atoms with Gasteiger partial charge in [0.2, 0.25) is 0 Å². The van der Waals surface area contributed by atoms with E-state index in [0.717, 1.165) is 31.7 Å². The number of nitrogens with one attached hydrogen (secondary N) is 1. The molecular weight excluding hydrogens is 312 g/mol. The van der Waals surface area contributed by atoms with Crippen LogP contribution in [0.1, 0.15) is 41.0 Å². The molecule has 2 aromatic heterocycles. The highest BCUT2D eigenvalue weighted by molar-refractivity contribution is 5.92. The van der Waals surface area contributed by atoms with Crippen molar-refractivity contribution in [3.05, 3.63) is 59.7 Å². The zero-order valence-corrected chi connectivity index (χ0v) is 14.8. The third-order valence-electron chi connectivity index (χ3n) is 4.72. The summed E-state index contributed by atoms with van der Waals surface area (Å²) in [7, 11) is 0. The van der Waals surface area contributed by atoms with Gasteiger partial charge in [-0.3, -0.25) is 14.7 Å². The molecule has 0 spiro atoms. The van der Waals surface area contributed by atoms with Gasteiger partial charge in [-0.1, -0.05) is 6.07 Å². The second-order valence-corrected chi connectivity index (χ2v) is 6.81. The molecule has 3 rings (SSSR count). The van der Waals surface area contributed by atoms with Crippen LogP contribution in [-0.4, -0.2) is 40.4 Å². The monoisotopic (exact) mass is 338 g/mol. The molecule has 0 saturated carbocycles. The highest BCUT2D eigenvalue weighted by Gasteiger charge is 2.20. The van der Waals surface area contributed by atoms with Gasteiger partial charge in [-0.05, 0) is 68.5 Å². The molecule has 1 aliphatic rings.